The predicted octanol–water partition coefficient (Wildman–Crippen LogP) is 2.92. The fraction of sp³-hybridized carbons (Fsp3) is 0.462. The number of alkyl halides is 3. The predicted molar refractivity (Wildman–Crippen MR) is 64.5 cm³/mol. The Labute approximate surface area is 109 Å². The van der Waals surface area contributed by atoms with E-state index in [2.05, 4.69) is 10.1 Å². The zero-order valence-corrected chi connectivity index (χ0v) is 10.8. The van der Waals surface area contributed by atoms with Gasteiger partial charge in [0, 0.05) is 6.04 Å². The summed E-state index contributed by atoms with van der Waals surface area (Å²) < 4.78 is 42.4. The highest BCUT2D eigenvalue weighted by Gasteiger charge is 2.31. The lowest BCUT2D eigenvalue weighted by molar-refractivity contribution is -0.141. The van der Waals surface area contributed by atoms with Crippen molar-refractivity contribution in [3.05, 3.63) is 35.4 Å². The summed E-state index contributed by atoms with van der Waals surface area (Å²) in [5, 5.41) is 2.97. The van der Waals surface area contributed by atoms with Gasteiger partial charge in [0.05, 0.1) is 19.1 Å². The first-order valence-electron chi connectivity index (χ1n) is 5.85. The van der Waals surface area contributed by atoms with Crippen molar-refractivity contribution < 1.29 is 22.7 Å². The molecule has 0 aromatic heterocycles. The number of halogens is 3. The van der Waals surface area contributed by atoms with Crippen molar-refractivity contribution >= 4 is 5.97 Å². The first-order chi connectivity index (χ1) is 8.88. The highest BCUT2D eigenvalue weighted by atomic mass is 19.4. The lowest BCUT2D eigenvalue weighted by Gasteiger charge is -2.18. The number of hydrogen-bond donors (Lipinski definition) is 1. The standard InChI is InChI=1S/C13H16F3NO2/c1-3-17-11(8-12(18)19-2)9-5-4-6-10(7-9)13(14,15)16/h4-7,11,17H,3,8H2,1-2H3. The number of nitrogens with one attached hydrogen (secondary N) is 1. The molecular weight excluding hydrogens is 259 g/mol. The van der Waals surface area contributed by atoms with Gasteiger partial charge < -0.3 is 10.1 Å². The smallest absolute Gasteiger partial charge is 0.416 e. The second kappa shape index (κ2) is 6.56. The van der Waals surface area contributed by atoms with Crippen molar-refractivity contribution in [3.8, 4) is 0 Å². The number of benzene rings is 1. The van der Waals surface area contributed by atoms with Crippen molar-refractivity contribution in [2.24, 2.45) is 0 Å². The van der Waals surface area contributed by atoms with Crippen LogP contribution < -0.4 is 5.32 Å². The summed E-state index contributed by atoms with van der Waals surface area (Å²) in [5.41, 5.74) is -0.306. The summed E-state index contributed by atoms with van der Waals surface area (Å²) in [5.74, 6) is -0.469. The molecule has 106 valence electrons. The molecule has 0 saturated carbocycles. The van der Waals surface area contributed by atoms with Crippen molar-refractivity contribution in [2.75, 3.05) is 13.7 Å². The van der Waals surface area contributed by atoms with Gasteiger partial charge in [-0.15, -0.1) is 0 Å². The maximum Gasteiger partial charge on any atom is 0.416 e. The van der Waals surface area contributed by atoms with E-state index < -0.39 is 23.8 Å². The van der Waals surface area contributed by atoms with Gasteiger partial charge in [-0.05, 0) is 24.2 Å². The third-order valence-electron chi connectivity index (χ3n) is 2.67. The molecule has 0 radical (unpaired) electrons. The van der Waals surface area contributed by atoms with E-state index >= 15 is 0 Å². The molecule has 19 heavy (non-hydrogen) atoms. The van der Waals surface area contributed by atoms with E-state index in [0.29, 0.717) is 12.1 Å². The van der Waals surface area contributed by atoms with E-state index in [4.69, 9.17) is 0 Å². The Morgan fingerprint density at radius 3 is 2.63 bits per heavy atom. The van der Waals surface area contributed by atoms with E-state index in [1.165, 1.54) is 13.2 Å². The fourth-order valence-electron chi connectivity index (χ4n) is 1.74. The number of ether oxygens (including phenoxy) is 1. The van der Waals surface area contributed by atoms with E-state index in [9.17, 15) is 18.0 Å². The van der Waals surface area contributed by atoms with E-state index in [1.807, 2.05) is 6.92 Å². The quantitative estimate of drug-likeness (QED) is 0.840. The maximum absolute atomic E-state index is 12.6. The van der Waals surface area contributed by atoms with Crippen LogP contribution in [0.4, 0.5) is 13.2 Å². The fourth-order valence-corrected chi connectivity index (χ4v) is 1.74. The van der Waals surface area contributed by atoms with E-state index in [-0.39, 0.29) is 6.42 Å². The molecule has 1 atom stereocenters. The molecular formula is C13H16F3NO2. The highest BCUT2D eigenvalue weighted by molar-refractivity contribution is 5.70. The summed E-state index contributed by atoms with van der Waals surface area (Å²) in [6, 6.07) is 4.46. The van der Waals surface area contributed by atoms with Crippen molar-refractivity contribution in [2.45, 2.75) is 25.6 Å². The van der Waals surface area contributed by atoms with Gasteiger partial charge in [0.1, 0.15) is 0 Å². The van der Waals surface area contributed by atoms with E-state index in [1.54, 1.807) is 6.07 Å². The molecule has 0 amide bonds. The highest BCUT2D eigenvalue weighted by Crippen LogP contribution is 2.31. The van der Waals surface area contributed by atoms with Crippen molar-refractivity contribution in [1.29, 1.82) is 0 Å². The van der Waals surface area contributed by atoms with E-state index in [0.717, 1.165) is 12.1 Å². The van der Waals surface area contributed by atoms with Gasteiger partial charge in [-0.25, -0.2) is 0 Å². The Kier molecular flexibility index (Phi) is 5.35. The number of hydrogen-bond acceptors (Lipinski definition) is 3. The number of carbonyl (C=O) groups excluding carboxylic acids is 1. The lowest BCUT2D eigenvalue weighted by atomic mass is 10.0. The van der Waals surface area contributed by atoms with Gasteiger partial charge in [0.2, 0.25) is 0 Å². The Balaban J connectivity index is 2.99. The third-order valence-corrected chi connectivity index (χ3v) is 2.67. The molecule has 1 aromatic carbocycles. The van der Waals surface area contributed by atoms with Crippen LogP contribution in [0.1, 0.15) is 30.5 Å². The first kappa shape index (κ1) is 15.5. The Bertz CT molecular complexity index is 432. The largest absolute Gasteiger partial charge is 0.469 e. The number of methoxy groups -OCH3 is 1. The van der Waals surface area contributed by atoms with Crippen LogP contribution in [0.2, 0.25) is 0 Å². The topological polar surface area (TPSA) is 38.3 Å². The summed E-state index contributed by atoms with van der Waals surface area (Å²) >= 11 is 0. The molecule has 0 aliphatic heterocycles. The number of rotatable bonds is 5. The second-order valence-corrected chi connectivity index (χ2v) is 4.01. The van der Waals surface area contributed by atoms with Crippen LogP contribution in [-0.4, -0.2) is 19.6 Å². The molecule has 0 spiro atoms. The van der Waals surface area contributed by atoms with Crippen LogP contribution in [0.3, 0.4) is 0 Å². The van der Waals surface area contributed by atoms with Gasteiger partial charge in [0.25, 0.3) is 0 Å². The summed E-state index contributed by atoms with van der Waals surface area (Å²) in [4.78, 5) is 11.3. The Morgan fingerprint density at radius 1 is 1.42 bits per heavy atom. The van der Waals surface area contributed by atoms with Crippen LogP contribution in [0.15, 0.2) is 24.3 Å². The second-order valence-electron chi connectivity index (χ2n) is 4.01. The number of carbonyl (C=O) groups is 1. The summed E-state index contributed by atoms with van der Waals surface area (Å²) in [7, 11) is 1.25. The average molecular weight is 275 g/mol. The molecule has 6 heteroatoms. The van der Waals surface area contributed by atoms with Gasteiger partial charge in [0.15, 0.2) is 0 Å². The number of esters is 1. The molecule has 3 nitrogen and oxygen atoms in total. The molecule has 0 bridgehead atoms. The molecule has 0 saturated heterocycles. The molecule has 1 unspecified atom stereocenters. The van der Waals surface area contributed by atoms with Crippen LogP contribution in [0.25, 0.3) is 0 Å². The molecule has 1 aromatic rings. The average Bonchev–Trinajstić information content (AvgIpc) is 2.37. The summed E-state index contributed by atoms with van der Waals surface area (Å²) in [6.07, 6.45) is -4.40. The SMILES string of the molecule is CCNC(CC(=O)OC)c1cccc(C(F)(F)F)c1. The first-order valence-corrected chi connectivity index (χ1v) is 5.85. The Morgan fingerprint density at radius 2 is 2.11 bits per heavy atom. The minimum absolute atomic E-state index is 0.00828. The monoisotopic (exact) mass is 275 g/mol. The van der Waals surface area contributed by atoms with Crippen LogP contribution >= 0.6 is 0 Å². The van der Waals surface area contributed by atoms with Gasteiger partial charge >= 0.3 is 12.1 Å². The molecule has 0 heterocycles. The summed E-state index contributed by atoms with van der Waals surface area (Å²) in [6.45, 7) is 2.36. The third kappa shape index (κ3) is 4.55. The van der Waals surface area contributed by atoms with Gasteiger partial charge in [-0.3, -0.25) is 4.79 Å². The molecule has 0 aliphatic rings. The minimum Gasteiger partial charge on any atom is -0.469 e. The van der Waals surface area contributed by atoms with Crippen LogP contribution in [-0.2, 0) is 15.7 Å². The van der Waals surface area contributed by atoms with Crippen LogP contribution in [0.5, 0.6) is 0 Å². The van der Waals surface area contributed by atoms with Gasteiger partial charge in [-0.2, -0.15) is 13.2 Å². The molecule has 1 N–H and O–H groups in total. The van der Waals surface area contributed by atoms with Crippen LogP contribution in [0, 0.1) is 0 Å². The lowest BCUT2D eigenvalue weighted by Crippen LogP contribution is -2.24. The molecule has 1 rings (SSSR count). The maximum atomic E-state index is 12.6. The molecule has 0 aliphatic carbocycles. The zero-order chi connectivity index (χ0) is 14.5. The van der Waals surface area contributed by atoms with Crippen molar-refractivity contribution in [3.63, 3.8) is 0 Å². The normalized spacial score (nSPS) is 13.1. The minimum atomic E-state index is -4.39. The molecule has 0 fully saturated rings. The Hall–Kier alpha value is -1.56. The van der Waals surface area contributed by atoms with Gasteiger partial charge in [-0.1, -0.05) is 19.1 Å². The zero-order valence-electron chi connectivity index (χ0n) is 10.8. The van der Waals surface area contributed by atoms with Crippen molar-refractivity contribution in [1.82, 2.24) is 5.32 Å².